The topological polar surface area (TPSA) is 88.8 Å². The van der Waals surface area contributed by atoms with Crippen LogP contribution in [0.15, 0.2) is 54.6 Å². The molecule has 4 rings (SSSR count). The quantitative estimate of drug-likeness (QED) is 0.677. The third-order valence-electron chi connectivity index (χ3n) is 5.57. The molecule has 0 spiro atoms. The van der Waals surface area contributed by atoms with E-state index in [-0.39, 0.29) is 6.04 Å². The molecule has 1 aromatic heterocycles. The SMILES string of the molecule is COc1ccc(N2CCN(S(N)(=O)=O)[C@@H](Cc3ccccc3)C2)c2ccc(C)nc12. The number of nitrogens with two attached hydrogens (primary N) is 1. The molecule has 0 unspecified atom stereocenters. The lowest BCUT2D eigenvalue weighted by Gasteiger charge is -2.41. The summed E-state index contributed by atoms with van der Waals surface area (Å²) < 4.78 is 31.4. The number of fused-ring (bicyclic) bond motifs is 1. The minimum absolute atomic E-state index is 0.258. The minimum Gasteiger partial charge on any atom is -0.494 e. The van der Waals surface area contributed by atoms with Gasteiger partial charge >= 0.3 is 0 Å². The van der Waals surface area contributed by atoms with E-state index in [9.17, 15) is 8.42 Å². The van der Waals surface area contributed by atoms with E-state index >= 15 is 0 Å². The van der Waals surface area contributed by atoms with Crippen molar-refractivity contribution in [3.63, 3.8) is 0 Å². The van der Waals surface area contributed by atoms with Gasteiger partial charge in [0, 0.05) is 42.4 Å². The van der Waals surface area contributed by atoms with Crippen molar-refractivity contribution >= 4 is 26.8 Å². The second-order valence-electron chi connectivity index (χ2n) is 7.58. The zero-order valence-electron chi connectivity index (χ0n) is 17.2. The van der Waals surface area contributed by atoms with Gasteiger partial charge < -0.3 is 9.64 Å². The Labute approximate surface area is 177 Å². The molecule has 2 N–H and O–H groups in total. The molecule has 1 aliphatic rings. The monoisotopic (exact) mass is 426 g/mol. The molecule has 1 aliphatic heterocycles. The summed E-state index contributed by atoms with van der Waals surface area (Å²) in [7, 11) is -2.15. The highest BCUT2D eigenvalue weighted by atomic mass is 32.2. The Morgan fingerprint density at radius 3 is 2.57 bits per heavy atom. The summed E-state index contributed by atoms with van der Waals surface area (Å²) in [6.07, 6.45) is 0.596. The average molecular weight is 427 g/mol. The fraction of sp³-hybridized carbons (Fsp3) is 0.318. The van der Waals surface area contributed by atoms with Gasteiger partial charge in [0.2, 0.25) is 0 Å². The third kappa shape index (κ3) is 4.12. The van der Waals surface area contributed by atoms with E-state index in [0.29, 0.717) is 26.1 Å². The number of piperazine rings is 1. The molecular formula is C22H26N4O3S. The van der Waals surface area contributed by atoms with Crippen LogP contribution in [0.2, 0.25) is 0 Å². The number of hydrogen-bond donors (Lipinski definition) is 1. The first-order valence-corrected chi connectivity index (χ1v) is 11.4. The maximum atomic E-state index is 12.2. The molecule has 0 amide bonds. The van der Waals surface area contributed by atoms with Crippen molar-refractivity contribution in [1.82, 2.24) is 9.29 Å². The molecule has 8 heteroatoms. The van der Waals surface area contributed by atoms with Crippen molar-refractivity contribution in [1.29, 1.82) is 0 Å². The minimum atomic E-state index is -3.79. The summed E-state index contributed by atoms with van der Waals surface area (Å²) in [6.45, 7) is 3.38. The summed E-state index contributed by atoms with van der Waals surface area (Å²) >= 11 is 0. The van der Waals surface area contributed by atoms with E-state index < -0.39 is 10.2 Å². The Kier molecular flexibility index (Phi) is 5.64. The second-order valence-corrected chi connectivity index (χ2v) is 9.08. The van der Waals surface area contributed by atoms with Crippen LogP contribution in [-0.2, 0) is 16.6 Å². The highest BCUT2D eigenvalue weighted by Crippen LogP contribution is 2.34. The summed E-state index contributed by atoms with van der Waals surface area (Å²) in [5, 5.41) is 6.52. The Morgan fingerprint density at radius 1 is 1.10 bits per heavy atom. The lowest BCUT2D eigenvalue weighted by molar-refractivity contribution is 0.288. The number of rotatable bonds is 5. The van der Waals surface area contributed by atoms with Crippen molar-refractivity contribution < 1.29 is 13.2 Å². The van der Waals surface area contributed by atoms with Gasteiger partial charge in [-0.05, 0) is 43.2 Å². The molecule has 0 radical (unpaired) electrons. The first kappa shape index (κ1) is 20.6. The molecule has 1 saturated heterocycles. The largest absolute Gasteiger partial charge is 0.494 e. The van der Waals surface area contributed by atoms with E-state index in [2.05, 4.69) is 9.88 Å². The van der Waals surface area contributed by atoms with Crippen LogP contribution in [0.1, 0.15) is 11.3 Å². The maximum absolute atomic E-state index is 12.2. The van der Waals surface area contributed by atoms with Gasteiger partial charge in [0.1, 0.15) is 11.3 Å². The van der Waals surface area contributed by atoms with Crippen molar-refractivity contribution in [2.45, 2.75) is 19.4 Å². The molecule has 0 aliphatic carbocycles. The first-order valence-electron chi connectivity index (χ1n) is 9.89. The van der Waals surface area contributed by atoms with Crippen LogP contribution in [0.3, 0.4) is 0 Å². The van der Waals surface area contributed by atoms with Gasteiger partial charge in [-0.25, -0.2) is 10.1 Å². The molecule has 2 heterocycles. The van der Waals surface area contributed by atoms with E-state index in [1.54, 1.807) is 7.11 Å². The number of hydrogen-bond acceptors (Lipinski definition) is 5. The number of benzene rings is 2. The van der Waals surface area contributed by atoms with Crippen LogP contribution in [-0.4, -0.2) is 50.5 Å². The molecule has 0 bridgehead atoms. The van der Waals surface area contributed by atoms with Gasteiger partial charge in [0.15, 0.2) is 0 Å². The number of ether oxygens (including phenoxy) is 1. The van der Waals surface area contributed by atoms with Gasteiger partial charge in [-0.3, -0.25) is 0 Å². The van der Waals surface area contributed by atoms with Crippen molar-refractivity contribution in [3.8, 4) is 5.75 Å². The van der Waals surface area contributed by atoms with E-state index in [1.807, 2.05) is 61.5 Å². The Morgan fingerprint density at radius 2 is 1.87 bits per heavy atom. The zero-order valence-corrected chi connectivity index (χ0v) is 18.0. The molecule has 0 saturated carbocycles. The fourth-order valence-corrected chi connectivity index (χ4v) is 5.05. The van der Waals surface area contributed by atoms with Gasteiger partial charge in [-0.1, -0.05) is 30.3 Å². The normalized spacial score (nSPS) is 18.0. The molecule has 7 nitrogen and oxygen atoms in total. The van der Waals surface area contributed by atoms with Crippen LogP contribution in [0.4, 0.5) is 5.69 Å². The van der Waals surface area contributed by atoms with Crippen LogP contribution in [0, 0.1) is 6.92 Å². The number of anilines is 1. The van der Waals surface area contributed by atoms with E-state index in [0.717, 1.165) is 33.6 Å². The lowest BCUT2D eigenvalue weighted by atomic mass is 10.0. The van der Waals surface area contributed by atoms with Gasteiger partial charge in [0.05, 0.1) is 7.11 Å². The maximum Gasteiger partial charge on any atom is 0.277 e. The second kappa shape index (κ2) is 8.22. The first-order chi connectivity index (χ1) is 14.4. The lowest BCUT2D eigenvalue weighted by Crippen LogP contribution is -2.57. The van der Waals surface area contributed by atoms with E-state index in [4.69, 9.17) is 9.88 Å². The average Bonchev–Trinajstić information content (AvgIpc) is 2.72. The highest BCUT2D eigenvalue weighted by molar-refractivity contribution is 7.86. The van der Waals surface area contributed by atoms with Gasteiger partial charge in [-0.15, -0.1) is 0 Å². The van der Waals surface area contributed by atoms with Gasteiger partial charge in [-0.2, -0.15) is 12.7 Å². The predicted molar refractivity (Wildman–Crippen MR) is 119 cm³/mol. The Hall–Kier alpha value is -2.68. The van der Waals surface area contributed by atoms with Crippen molar-refractivity contribution in [2.24, 2.45) is 5.14 Å². The molecule has 2 aromatic carbocycles. The standard InChI is InChI=1S/C22H26N4O3S/c1-16-8-9-19-20(10-11-21(29-2)22(19)24-16)25-12-13-26(30(23,27)28)18(15-25)14-17-6-4-3-5-7-17/h3-11,18H,12-15H2,1-2H3,(H2,23,27,28)/t18-/m0/s1. The van der Waals surface area contributed by atoms with Gasteiger partial charge in [0.25, 0.3) is 10.2 Å². The smallest absolute Gasteiger partial charge is 0.277 e. The number of pyridine rings is 1. The number of methoxy groups -OCH3 is 1. The van der Waals surface area contributed by atoms with Crippen LogP contribution in [0.25, 0.3) is 10.9 Å². The van der Waals surface area contributed by atoms with Crippen molar-refractivity contribution in [3.05, 3.63) is 65.9 Å². The number of aryl methyl sites for hydroxylation is 1. The fourth-order valence-electron chi connectivity index (χ4n) is 4.16. The van der Waals surface area contributed by atoms with Crippen molar-refractivity contribution in [2.75, 3.05) is 31.6 Å². The molecule has 158 valence electrons. The summed E-state index contributed by atoms with van der Waals surface area (Å²) in [6, 6.07) is 17.6. The van der Waals surface area contributed by atoms with Crippen LogP contribution in [0.5, 0.6) is 5.75 Å². The molecule has 30 heavy (non-hydrogen) atoms. The summed E-state index contributed by atoms with van der Waals surface area (Å²) in [5.41, 5.74) is 3.82. The molecule has 1 fully saturated rings. The Bertz CT molecular complexity index is 1150. The van der Waals surface area contributed by atoms with E-state index in [1.165, 1.54) is 4.31 Å². The third-order valence-corrected chi connectivity index (χ3v) is 6.70. The zero-order chi connectivity index (χ0) is 21.3. The highest BCUT2D eigenvalue weighted by Gasteiger charge is 2.34. The Balaban J connectivity index is 1.71. The number of nitrogens with zero attached hydrogens (tertiary/aromatic N) is 3. The summed E-state index contributed by atoms with van der Waals surface area (Å²) in [4.78, 5) is 6.88. The molecule has 1 atom stereocenters. The molecular weight excluding hydrogens is 400 g/mol. The molecule has 3 aromatic rings. The predicted octanol–water partition coefficient (Wildman–Crippen LogP) is 2.49. The summed E-state index contributed by atoms with van der Waals surface area (Å²) in [5.74, 6) is 0.724. The number of aromatic nitrogens is 1. The van der Waals surface area contributed by atoms with Crippen LogP contribution < -0.4 is 14.8 Å². The van der Waals surface area contributed by atoms with Crippen LogP contribution >= 0.6 is 0 Å².